The van der Waals surface area contributed by atoms with Crippen LogP contribution in [0.25, 0.3) is 5.69 Å². The Balaban J connectivity index is 1.99. The zero-order valence-corrected chi connectivity index (χ0v) is 14.7. The molecular weight excluding hydrogens is 416 g/mol. The van der Waals surface area contributed by atoms with Crippen LogP contribution in [-0.4, -0.2) is 8.94 Å². The molecule has 0 unspecified atom stereocenters. The molecule has 0 aliphatic heterocycles. The molecule has 1 aromatic heterocycles. The van der Waals surface area contributed by atoms with Gasteiger partial charge < -0.3 is 5.32 Å². The van der Waals surface area contributed by atoms with Gasteiger partial charge in [-0.1, -0.05) is 31.9 Å². The fourth-order valence-corrected chi connectivity index (χ4v) is 2.94. The van der Waals surface area contributed by atoms with Crippen molar-refractivity contribution in [1.29, 1.82) is 5.41 Å². The fourth-order valence-electron chi connectivity index (χ4n) is 1.84. The molecule has 0 aliphatic rings. The number of anilines is 2. The summed E-state index contributed by atoms with van der Waals surface area (Å²) in [5, 5.41) is 11.3. The minimum atomic E-state index is 0.372. The summed E-state index contributed by atoms with van der Waals surface area (Å²) in [5.74, 6) is 0.634. The maximum absolute atomic E-state index is 8.04. The van der Waals surface area contributed by atoms with E-state index in [1.165, 1.54) is 0 Å². The van der Waals surface area contributed by atoms with Gasteiger partial charge in [-0.2, -0.15) is 4.37 Å². The second kappa shape index (κ2) is 6.13. The van der Waals surface area contributed by atoms with Crippen molar-refractivity contribution < 1.29 is 0 Å². The molecule has 0 radical (unpaired) electrons. The Morgan fingerprint density at radius 2 is 1.52 bits per heavy atom. The first-order valence-electron chi connectivity index (χ1n) is 6.05. The van der Waals surface area contributed by atoms with E-state index in [0.717, 1.165) is 31.9 Å². The van der Waals surface area contributed by atoms with Crippen LogP contribution in [0.4, 0.5) is 11.6 Å². The van der Waals surface area contributed by atoms with Crippen molar-refractivity contribution in [1.82, 2.24) is 8.94 Å². The zero-order valence-electron chi connectivity index (χ0n) is 10.7. The standard InChI is InChI=1S/C14H10Br2N4S/c15-9-1-5-11(6-2-9)18-14-19-21-13(17)20(14)12-7-3-10(16)4-8-12/h1-8,17H,(H,18,19). The number of halogens is 2. The van der Waals surface area contributed by atoms with Crippen LogP contribution >= 0.6 is 43.4 Å². The topological polar surface area (TPSA) is 53.7 Å². The van der Waals surface area contributed by atoms with E-state index in [2.05, 4.69) is 41.6 Å². The van der Waals surface area contributed by atoms with E-state index in [4.69, 9.17) is 5.41 Å². The Labute approximate surface area is 142 Å². The molecule has 21 heavy (non-hydrogen) atoms. The second-order valence-corrected chi connectivity index (χ2v) is 6.84. The van der Waals surface area contributed by atoms with Gasteiger partial charge in [0.25, 0.3) is 0 Å². The Kier molecular flexibility index (Phi) is 4.23. The number of rotatable bonds is 3. The molecule has 0 fully saturated rings. The van der Waals surface area contributed by atoms with Crippen LogP contribution in [0.5, 0.6) is 0 Å². The molecular formula is C14H10Br2N4S. The molecule has 0 saturated heterocycles. The van der Waals surface area contributed by atoms with Crippen molar-refractivity contribution in [2.45, 2.75) is 0 Å². The lowest BCUT2D eigenvalue weighted by Gasteiger charge is -2.09. The number of nitrogens with one attached hydrogen (secondary N) is 2. The van der Waals surface area contributed by atoms with Crippen molar-refractivity contribution in [3.8, 4) is 5.69 Å². The van der Waals surface area contributed by atoms with Crippen LogP contribution in [0.15, 0.2) is 57.5 Å². The third kappa shape index (κ3) is 3.25. The largest absolute Gasteiger partial charge is 0.325 e. The summed E-state index contributed by atoms with van der Waals surface area (Å²) in [7, 11) is 0. The van der Waals surface area contributed by atoms with Gasteiger partial charge in [0, 0.05) is 26.2 Å². The second-order valence-electron chi connectivity index (χ2n) is 4.26. The van der Waals surface area contributed by atoms with Crippen molar-refractivity contribution >= 4 is 55.0 Å². The van der Waals surface area contributed by atoms with Gasteiger partial charge in [0.05, 0.1) is 5.69 Å². The first-order valence-corrected chi connectivity index (χ1v) is 8.41. The molecule has 0 atom stereocenters. The van der Waals surface area contributed by atoms with Crippen molar-refractivity contribution in [2.24, 2.45) is 0 Å². The molecule has 106 valence electrons. The Bertz CT molecular complexity index is 806. The van der Waals surface area contributed by atoms with Crippen LogP contribution in [-0.2, 0) is 0 Å². The number of aromatic nitrogens is 2. The van der Waals surface area contributed by atoms with Crippen LogP contribution in [0.2, 0.25) is 0 Å². The van der Waals surface area contributed by atoms with Crippen LogP contribution < -0.4 is 10.1 Å². The Hall–Kier alpha value is -1.44. The summed E-state index contributed by atoms with van der Waals surface area (Å²) in [4.78, 5) is 0.372. The van der Waals surface area contributed by atoms with Gasteiger partial charge in [0.1, 0.15) is 0 Å². The van der Waals surface area contributed by atoms with E-state index < -0.39 is 0 Å². The monoisotopic (exact) mass is 424 g/mol. The third-order valence-corrected chi connectivity index (χ3v) is 4.50. The van der Waals surface area contributed by atoms with Crippen molar-refractivity contribution in [3.63, 3.8) is 0 Å². The zero-order chi connectivity index (χ0) is 14.8. The van der Waals surface area contributed by atoms with E-state index in [-0.39, 0.29) is 0 Å². The lowest BCUT2D eigenvalue weighted by atomic mass is 10.3. The predicted molar refractivity (Wildman–Crippen MR) is 92.4 cm³/mol. The van der Waals surface area contributed by atoms with E-state index in [1.807, 2.05) is 48.5 Å². The summed E-state index contributed by atoms with van der Waals surface area (Å²) in [6.07, 6.45) is 0. The number of nitrogens with zero attached hydrogens (tertiary/aromatic N) is 2. The van der Waals surface area contributed by atoms with E-state index in [9.17, 15) is 0 Å². The number of benzene rings is 2. The molecule has 3 rings (SSSR count). The van der Waals surface area contributed by atoms with Crippen molar-refractivity contribution in [2.75, 3.05) is 5.32 Å². The molecule has 3 aromatic rings. The highest BCUT2D eigenvalue weighted by Crippen LogP contribution is 2.21. The summed E-state index contributed by atoms with van der Waals surface area (Å²) in [6, 6.07) is 15.6. The van der Waals surface area contributed by atoms with Crippen molar-refractivity contribution in [3.05, 3.63) is 62.3 Å². The highest BCUT2D eigenvalue weighted by Gasteiger charge is 2.09. The molecule has 7 heteroatoms. The SMILES string of the molecule is N=c1snc(Nc2ccc(Br)cc2)n1-c1ccc(Br)cc1. The average Bonchev–Trinajstić information content (AvgIpc) is 2.83. The molecule has 0 aliphatic carbocycles. The highest BCUT2D eigenvalue weighted by atomic mass is 79.9. The number of hydrogen-bond donors (Lipinski definition) is 2. The van der Waals surface area contributed by atoms with E-state index in [0.29, 0.717) is 10.7 Å². The molecule has 2 aromatic carbocycles. The van der Waals surface area contributed by atoms with Crippen LogP contribution in [0.1, 0.15) is 0 Å². The molecule has 4 nitrogen and oxygen atoms in total. The van der Waals surface area contributed by atoms with Gasteiger partial charge in [-0.25, -0.2) is 0 Å². The van der Waals surface area contributed by atoms with E-state index in [1.54, 1.807) is 4.57 Å². The Morgan fingerprint density at radius 1 is 0.952 bits per heavy atom. The molecule has 0 saturated carbocycles. The first kappa shape index (κ1) is 14.5. The lowest BCUT2D eigenvalue weighted by Crippen LogP contribution is -2.13. The van der Waals surface area contributed by atoms with Gasteiger partial charge in [-0.3, -0.25) is 9.98 Å². The maximum Gasteiger partial charge on any atom is 0.225 e. The minimum Gasteiger partial charge on any atom is -0.325 e. The van der Waals surface area contributed by atoms with Gasteiger partial charge in [0.2, 0.25) is 10.7 Å². The summed E-state index contributed by atoms with van der Waals surface area (Å²) in [6.45, 7) is 0. The van der Waals surface area contributed by atoms with Gasteiger partial charge >= 0.3 is 0 Å². The van der Waals surface area contributed by atoms with Gasteiger partial charge in [-0.05, 0) is 48.5 Å². The van der Waals surface area contributed by atoms with Gasteiger partial charge in [-0.15, -0.1) is 0 Å². The quantitative estimate of drug-likeness (QED) is 0.639. The summed E-state index contributed by atoms with van der Waals surface area (Å²) < 4.78 is 8.12. The minimum absolute atomic E-state index is 0.372. The molecule has 1 heterocycles. The third-order valence-electron chi connectivity index (χ3n) is 2.82. The number of hydrogen-bond acceptors (Lipinski definition) is 4. The highest BCUT2D eigenvalue weighted by molar-refractivity contribution is 9.10. The average molecular weight is 426 g/mol. The molecule has 2 N–H and O–H groups in total. The molecule has 0 spiro atoms. The van der Waals surface area contributed by atoms with Crippen LogP contribution in [0, 0.1) is 5.41 Å². The fraction of sp³-hybridized carbons (Fsp3) is 0. The molecule has 0 bridgehead atoms. The lowest BCUT2D eigenvalue weighted by molar-refractivity contribution is 0.972. The molecule has 0 amide bonds. The van der Waals surface area contributed by atoms with Gasteiger partial charge in [0.15, 0.2) is 0 Å². The maximum atomic E-state index is 8.04. The predicted octanol–water partition coefficient (Wildman–Crippen LogP) is 4.68. The smallest absolute Gasteiger partial charge is 0.225 e. The first-order chi connectivity index (χ1) is 10.1. The summed E-state index contributed by atoms with van der Waals surface area (Å²) in [5.41, 5.74) is 1.82. The summed E-state index contributed by atoms with van der Waals surface area (Å²) >= 11 is 7.98. The Morgan fingerprint density at radius 3 is 2.14 bits per heavy atom. The van der Waals surface area contributed by atoms with E-state index >= 15 is 0 Å². The normalized spacial score (nSPS) is 10.6. The van der Waals surface area contributed by atoms with Crippen LogP contribution in [0.3, 0.4) is 0 Å².